The third-order valence-electron chi connectivity index (χ3n) is 3.90. The van der Waals surface area contributed by atoms with Gasteiger partial charge < -0.3 is 20.1 Å². The molecule has 8 heteroatoms. The molecule has 27 heavy (non-hydrogen) atoms. The van der Waals surface area contributed by atoms with E-state index in [0.29, 0.717) is 24.7 Å². The fourth-order valence-corrected chi connectivity index (χ4v) is 2.63. The zero-order valence-electron chi connectivity index (χ0n) is 16.4. The second-order valence-electron chi connectivity index (χ2n) is 5.94. The van der Waals surface area contributed by atoms with Crippen molar-refractivity contribution in [1.29, 1.82) is 0 Å². The Hall–Kier alpha value is -1.84. The number of nitrogens with zero attached hydrogens (tertiary/aromatic N) is 4. The predicted octanol–water partition coefficient (Wildman–Crippen LogP) is 3.01. The van der Waals surface area contributed by atoms with Gasteiger partial charge in [-0.1, -0.05) is 23.4 Å². The first kappa shape index (κ1) is 23.2. The van der Waals surface area contributed by atoms with Crippen LogP contribution in [0.25, 0.3) is 0 Å². The van der Waals surface area contributed by atoms with E-state index in [2.05, 4.69) is 68.8 Å². The van der Waals surface area contributed by atoms with E-state index in [1.54, 1.807) is 0 Å². The van der Waals surface area contributed by atoms with Crippen LogP contribution in [-0.2, 0) is 6.42 Å². The number of halogens is 1. The summed E-state index contributed by atoms with van der Waals surface area (Å²) in [6, 6.07) is 10.5. The van der Waals surface area contributed by atoms with Gasteiger partial charge in [-0.05, 0) is 39.3 Å². The van der Waals surface area contributed by atoms with Crippen molar-refractivity contribution in [1.82, 2.24) is 20.8 Å². The lowest BCUT2D eigenvalue weighted by Gasteiger charge is -2.22. The molecule has 0 saturated heterocycles. The Labute approximate surface area is 179 Å². The molecule has 0 unspecified atom stereocenters. The van der Waals surface area contributed by atoms with Gasteiger partial charge in [0.2, 0.25) is 5.89 Å². The highest BCUT2D eigenvalue weighted by Crippen LogP contribution is 2.12. The number of anilines is 1. The van der Waals surface area contributed by atoms with E-state index >= 15 is 0 Å². The maximum atomic E-state index is 5.12. The maximum absolute atomic E-state index is 5.12. The average molecular weight is 486 g/mol. The minimum Gasteiger partial charge on any atom is -0.372 e. The van der Waals surface area contributed by atoms with E-state index in [9.17, 15) is 0 Å². The highest BCUT2D eigenvalue weighted by Gasteiger charge is 2.05. The Balaban J connectivity index is 0.00000364. The van der Waals surface area contributed by atoms with Crippen molar-refractivity contribution in [2.24, 2.45) is 4.99 Å². The third-order valence-corrected chi connectivity index (χ3v) is 3.90. The molecule has 0 spiro atoms. The molecule has 2 aromatic rings. The zero-order valence-corrected chi connectivity index (χ0v) is 18.8. The zero-order chi connectivity index (χ0) is 18.6. The normalized spacial score (nSPS) is 11.0. The Kier molecular flexibility index (Phi) is 11.5. The fraction of sp³-hybridized carbons (Fsp3) is 0.526. The van der Waals surface area contributed by atoms with Crippen molar-refractivity contribution in [2.45, 2.75) is 33.6 Å². The van der Waals surface area contributed by atoms with E-state index in [-0.39, 0.29) is 24.0 Å². The number of hydrogen-bond donors (Lipinski definition) is 2. The first-order valence-corrected chi connectivity index (χ1v) is 9.34. The van der Waals surface area contributed by atoms with Crippen molar-refractivity contribution in [2.75, 3.05) is 37.6 Å². The summed E-state index contributed by atoms with van der Waals surface area (Å²) in [4.78, 5) is 11.2. The van der Waals surface area contributed by atoms with Gasteiger partial charge in [0.1, 0.15) is 0 Å². The number of nitrogens with one attached hydrogen (secondary N) is 2. The average Bonchev–Trinajstić information content (AvgIpc) is 3.07. The molecular weight excluding hydrogens is 455 g/mol. The van der Waals surface area contributed by atoms with Crippen molar-refractivity contribution in [3.63, 3.8) is 0 Å². The van der Waals surface area contributed by atoms with E-state index < -0.39 is 0 Å². The maximum Gasteiger partial charge on any atom is 0.228 e. The quantitative estimate of drug-likeness (QED) is 0.233. The second-order valence-corrected chi connectivity index (χ2v) is 5.94. The molecule has 2 N–H and O–H groups in total. The van der Waals surface area contributed by atoms with Crippen molar-refractivity contribution >= 4 is 35.6 Å². The van der Waals surface area contributed by atoms with Crippen molar-refractivity contribution in [3.8, 4) is 0 Å². The largest absolute Gasteiger partial charge is 0.372 e. The Morgan fingerprint density at radius 2 is 1.96 bits per heavy atom. The van der Waals surface area contributed by atoms with Gasteiger partial charge in [0, 0.05) is 44.8 Å². The van der Waals surface area contributed by atoms with Crippen LogP contribution in [0.2, 0.25) is 0 Å². The minimum absolute atomic E-state index is 0. The number of para-hydroxylation sites is 1. The molecule has 0 aliphatic heterocycles. The summed E-state index contributed by atoms with van der Waals surface area (Å²) >= 11 is 0. The van der Waals surface area contributed by atoms with Crippen LogP contribution in [0.15, 0.2) is 39.8 Å². The van der Waals surface area contributed by atoms with Gasteiger partial charge in [-0.15, -0.1) is 24.0 Å². The Morgan fingerprint density at radius 1 is 1.19 bits per heavy atom. The van der Waals surface area contributed by atoms with Crippen LogP contribution in [0.4, 0.5) is 5.69 Å². The number of aliphatic imine (C=N–C) groups is 1. The topological polar surface area (TPSA) is 78.6 Å². The lowest BCUT2D eigenvalue weighted by Crippen LogP contribution is -2.38. The molecule has 1 aromatic carbocycles. The molecule has 0 fully saturated rings. The fourth-order valence-electron chi connectivity index (χ4n) is 2.63. The molecule has 0 radical (unpaired) electrons. The van der Waals surface area contributed by atoms with Gasteiger partial charge >= 0.3 is 0 Å². The summed E-state index contributed by atoms with van der Waals surface area (Å²) in [5.41, 5.74) is 1.26. The molecule has 1 heterocycles. The van der Waals surface area contributed by atoms with E-state index in [4.69, 9.17) is 4.52 Å². The molecular formula is C19H31IN6O. The highest BCUT2D eigenvalue weighted by atomic mass is 127. The van der Waals surface area contributed by atoms with E-state index in [0.717, 1.165) is 38.6 Å². The molecule has 0 amide bonds. The molecule has 2 rings (SSSR count). The Bertz CT molecular complexity index is 661. The van der Waals surface area contributed by atoms with Crippen LogP contribution in [0.5, 0.6) is 0 Å². The lowest BCUT2D eigenvalue weighted by atomic mass is 10.2. The summed E-state index contributed by atoms with van der Waals surface area (Å²) in [5, 5.41) is 10.4. The van der Waals surface area contributed by atoms with Gasteiger partial charge in [-0.25, -0.2) is 0 Å². The number of hydrogen-bond acceptors (Lipinski definition) is 5. The summed E-state index contributed by atoms with van der Waals surface area (Å²) in [5.74, 6) is 2.14. The monoisotopic (exact) mass is 486 g/mol. The number of aromatic nitrogens is 2. The van der Waals surface area contributed by atoms with Gasteiger partial charge in [0.25, 0.3) is 0 Å². The second kappa shape index (κ2) is 13.3. The van der Waals surface area contributed by atoms with E-state index in [1.807, 2.05) is 13.0 Å². The highest BCUT2D eigenvalue weighted by molar-refractivity contribution is 14.0. The molecule has 0 aliphatic rings. The first-order chi connectivity index (χ1) is 12.7. The molecule has 1 aromatic heterocycles. The third kappa shape index (κ3) is 8.59. The van der Waals surface area contributed by atoms with Crippen LogP contribution in [-0.4, -0.2) is 48.8 Å². The number of rotatable bonds is 10. The van der Waals surface area contributed by atoms with Crippen LogP contribution >= 0.6 is 24.0 Å². The Morgan fingerprint density at radius 3 is 2.59 bits per heavy atom. The number of benzene rings is 1. The summed E-state index contributed by atoms with van der Waals surface area (Å²) in [6.07, 6.45) is 1.69. The molecule has 150 valence electrons. The smallest absolute Gasteiger partial charge is 0.228 e. The molecule has 0 bridgehead atoms. The van der Waals surface area contributed by atoms with Crippen LogP contribution < -0.4 is 15.5 Å². The van der Waals surface area contributed by atoms with Crippen molar-refractivity contribution < 1.29 is 4.52 Å². The summed E-state index contributed by atoms with van der Waals surface area (Å²) in [6.45, 7) is 10.4. The number of aryl methyl sites for hydroxylation is 1. The first-order valence-electron chi connectivity index (χ1n) is 9.34. The van der Waals surface area contributed by atoms with Crippen LogP contribution in [0.1, 0.15) is 32.0 Å². The summed E-state index contributed by atoms with van der Waals surface area (Å²) < 4.78 is 5.12. The number of guanidine groups is 1. The van der Waals surface area contributed by atoms with Gasteiger partial charge in [-0.3, -0.25) is 4.99 Å². The minimum atomic E-state index is 0. The van der Waals surface area contributed by atoms with Crippen LogP contribution in [0.3, 0.4) is 0 Å². The van der Waals surface area contributed by atoms with Gasteiger partial charge in [0.15, 0.2) is 11.8 Å². The molecule has 0 atom stereocenters. The summed E-state index contributed by atoms with van der Waals surface area (Å²) in [7, 11) is 0. The molecule has 7 nitrogen and oxygen atoms in total. The molecule has 0 aliphatic carbocycles. The van der Waals surface area contributed by atoms with Gasteiger partial charge in [0.05, 0.1) is 0 Å². The lowest BCUT2D eigenvalue weighted by molar-refractivity contribution is 0.374. The van der Waals surface area contributed by atoms with Crippen molar-refractivity contribution in [3.05, 3.63) is 42.0 Å². The van der Waals surface area contributed by atoms with E-state index in [1.165, 1.54) is 5.69 Å². The standard InChI is InChI=1S/C19H30N6O.HI/c1-4-20-19(22-14-12-18-23-16(3)24-26-18)21-13-9-15-25(5-2)17-10-7-6-8-11-17;/h6-8,10-11H,4-5,9,12-15H2,1-3H3,(H2,20,21,22);1H. The predicted molar refractivity (Wildman–Crippen MR) is 121 cm³/mol. The SMILES string of the molecule is CCNC(=NCCCN(CC)c1ccccc1)NCCc1nc(C)no1.I. The molecule has 0 saturated carbocycles. The van der Waals surface area contributed by atoms with Crippen LogP contribution in [0, 0.1) is 6.92 Å². The van der Waals surface area contributed by atoms with Gasteiger partial charge in [-0.2, -0.15) is 4.98 Å².